The molecule has 122 valence electrons. The molecule has 0 atom stereocenters. The summed E-state index contributed by atoms with van der Waals surface area (Å²) < 4.78 is 2.05. The number of hydrogen-bond donors (Lipinski definition) is 0. The number of rotatable bonds is 4. The topological polar surface area (TPSA) is 20.3 Å². The molecule has 3 heteroatoms. The van der Waals surface area contributed by atoms with E-state index < -0.39 is 0 Å². The molecular formula is C22H17NOSe. The molecule has 0 bridgehead atoms. The summed E-state index contributed by atoms with van der Waals surface area (Å²) in [6.45, 7) is 2.14. The molecule has 0 unspecified atom stereocenters. The second-order valence-electron chi connectivity index (χ2n) is 5.91. The van der Waals surface area contributed by atoms with Crippen molar-refractivity contribution in [2.75, 3.05) is 4.90 Å². The summed E-state index contributed by atoms with van der Waals surface area (Å²) in [6.07, 6.45) is 0.972. The van der Waals surface area contributed by atoms with Crippen LogP contribution in [0.25, 0.3) is 10.8 Å². The standard InChI is InChI=1S/C22H17NOSe/c1-16-11-13-21(20-10-6-5-9-19(16)20)23(17-7-3-2-4-8-17)22-14-12-18(15-24)25-22/h2-15H,1H3. The first kappa shape index (κ1) is 15.9. The number of carbonyl (C=O) groups excluding carboxylic acids is 1. The fourth-order valence-corrected chi connectivity index (χ4v) is 4.91. The van der Waals surface area contributed by atoms with Crippen LogP contribution in [-0.4, -0.2) is 20.8 Å². The van der Waals surface area contributed by atoms with Crippen molar-refractivity contribution in [1.29, 1.82) is 0 Å². The van der Waals surface area contributed by atoms with E-state index in [0.717, 1.165) is 22.1 Å². The maximum atomic E-state index is 11.2. The third-order valence-electron chi connectivity index (χ3n) is 4.32. The normalized spacial score (nSPS) is 10.8. The molecule has 0 N–H and O–H groups in total. The fourth-order valence-electron chi connectivity index (χ4n) is 3.12. The Bertz CT molecular complexity index is 1040. The molecule has 4 rings (SSSR count). The quantitative estimate of drug-likeness (QED) is 0.339. The molecule has 4 aromatic rings. The summed E-state index contributed by atoms with van der Waals surface area (Å²) in [5.74, 6) is 0. The van der Waals surface area contributed by atoms with E-state index in [1.807, 2.05) is 12.1 Å². The average molecular weight is 390 g/mol. The van der Waals surface area contributed by atoms with Crippen LogP contribution in [0.4, 0.5) is 15.9 Å². The van der Waals surface area contributed by atoms with Crippen molar-refractivity contribution in [2.24, 2.45) is 0 Å². The predicted octanol–water partition coefficient (Wildman–Crippen LogP) is 5.49. The van der Waals surface area contributed by atoms with E-state index in [0.29, 0.717) is 0 Å². The van der Waals surface area contributed by atoms with Crippen LogP contribution in [0.15, 0.2) is 78.9 Å². The van der Waals surface area contributed by atoms with E-state index >= 15 is 0 Å². The minimum absolute atomic E-state index is 0.0174. The molecule has 1 aromatic heterocycles. The second kappa shape index (κ2) is 6.72. The van der Waals surface area contributed by atoms with Crippen molar-refractivity contribution in [2.45, 2.75) is 6.92 Å². The van der Waals surface area contributed by atoms with Gasteiger partial charge in [0.15, 0.2) is 0 Å². The summed E-state index contributed by atoms with van der Waals surface area (Å²) in [7, 11) is 0. The third kappa shape index (κ3) is 2.93. The molecule has 25 heavy (non-hydrogen) atoms. The zero-order valence-corrected chi connectivity index (χ0v) is 15.6. The van der Waals surface area contributed by atoms with Crippen LogP contribution in [0, 0.1) is 6.92 Å². The number of hydrogen-bond acceptors (Lipinski definition) is 2. The van der Waals surface area contributed by atoms with E-state index in [4.69, 9.17) is 0 Å². The SMILES string of the molecule is Cc1ccc(N(c2ccccc2)c2ccc(C=O)[se]2)c2ccccc12. The van der Waals surface area contributed by atoms with E-state index in [9.17, 15) is 4.79 Å². The van der Waals surface area contributed by atoms with Crippen molar-refractivity contribution < 1.29 is 4.79 Å². The molecule has 0 saturated heterocycles. The van der Waals surface area contributed by atoms with Gasteiger partial charge < -0.3 is 0 Å². The van der Waals surface area contributed by atoms with Gasteiger partial charge in [0.1, 0.15) is 0 Å². The summed E-state index contributed by atoms with van der Waals surface area (Å²) in [5.41, 5.74) is 3.54. The second-order valence-corrected chi connectivity index (χ2v) is 8.21. The van der Waals surface area contributed by atoms with Crippen molar-refractivity contribution >= 4 is 47.5 Å². The van der Waals surface area contributed by atoms with Gasteiger partial charge in [0.2, 0.25) is 0 Å². The molecule has 0 fully saturated rings. The van der Waals surface area contributed by atoms with Gasteiger partial charge in [0, 0.05) is 0 Å². The summed E-state index contributed by atoms with van der Waals surface area (Å²) in [6, 6.07) is 27.2. The number of para-hydroxylation sites is 1. The van der Waals surface area contributed by atoms with Gasteiger partial charge in [-0.05, 0) is 0 Å². The van der Waals surface area contributed by atoms with Gasteiger partial charge in [-0.15, -0.1) is 0 Å². The van der Waals surface area contributed by atoms with E-state index in [1.165, 1.54) is 20.9 Å². The van der Waals surface area contributed by atoms with Crippen molar-refractivity contribution in [3.05, 3.63) is 88.9 Å². The number of benzene rings is 3. The van der Waals surface area contributed by atoms with E-state index in [2.05, 4.69) is 78.6 Å². The first-order chi connectivity index (χ1) is 12.3. The molecule has 0 aliphatic rings. The number of fused-ring (bicyclic) bond motifs is 1. The molecule has 0 aliphatic heterocycles. The Kier molecular flexibility index (Phi) is 4.27. The molecule has 0 saturated carbocycles. The van der Waals surface area contributed by atoms with Gasteiger partial charge in [-0.1, -0.05) is 0 Å². The number of aryl methyl sites for hydroxylation is 1. The Morgan fingerprint density at radius 3 is 2.24 bits per heavy atom. The van der Waals surface area contributed by atoms with E-state index in [1.54, 1.807) is 0 Å². The Morgan fingerprint density at radius 2 is 1.52 bits per heavy atom. The van der Waals surface area contributed by atoms with Crippen LogP contribution in [0.1, 0.15) is 14.8 Å². The minimum atomic E-state index is 0.0174. The molecule has 0 aliphatic carbocycles. The van der Waals surface area contributed by atoms with Crippen LogP contribution >= 0.6 is 0 Å². The Balaban J connectivity index is 1.99. The average Bonchev–Trinajstić information content (AvgIpc) is 3.14. The Morgan fingerprint density at radius 1 is 0.800 bits per heavy atom. The van der Waals surface area contributed by atoms with Crippen molar-refractivity contribution in [1.82, 2.24) is 0 Å². The molecule has 3 aromatic carbocycles. The fraction of sp³-hybridized carbons (Fsp3) is 0.0455. The molecular weight excluding hydrogens is 373 g/mol. The Hall–Kier alpha value is -2.61. The van der Waals surface area contributed by atoms with Gasteiger partial charge in [0.05, 0.1) is 0 Å². The van der Waals surface area contributed by atoms with Crippen LogP contribution < -0.4 is 4.90 Å². The zero-order valence-electron chi connectivity index (χ0n) is 13.8. The third-order valence-corrected chi connectivity index (χ3v) is 6.41. The van der Waals surface area contributed by atoms with Gasteiger partial charge in [-0.2, -0.15) is 0 Å². The molecule has 0 amide bonds. The number of nitrogens with zero attached hydrogens (tertiary/aromatic N) is 1. The summed E-state index contributed by atoms with van der Waals surface area (Å²) in [5, 5.41) is 2.48. The van der Waals surface area contributed by atoms with Gasteiger partial charge in [0.25, 0.3) is 0 Å². The van der Waals surface area contributed by atoms with Crippen LogP contribution in [-0.2, 0) is 0 Å². The Labute approximate surface area is 153 Å². The van der Waals surface area contributed by atoms with Crippen LogP contribution in [0.3, 0.4) is 0 Å². The maximum absolute atomic E-state index is 11.2. The van der Waals surface area contributed by atoms with Crippen LogP contribution in [0.2, 0.25) is 0 Å². The monoisotopic (exact) mass is 391 g/mol. The van der Waals surface area contributed by atoms with E-state index in [-0.39, 0.29) is 14.5 Å². The van der Waals surface area contributed by atoms with Gasteiger partial charge in [-0.3, -0.25) is 0 Å². The number of anilines is 3. The summed E-state index contributed by atoms with van der Waals surface area (Å²) in [4.78, 5) is 13.5. The number of carbonyl (C=O) groups is 1. The van der Waals surface area contributed by atoms with Gasteiger partial charge >= 0.3 is 153 Å². The molecule has 1 heterocycles. The molecule has 0 spiro atoms. The first-order valence-corrected chi connectivity index (χ1v) is 9.88. The predicted molar refractivity (Wildman–Crippen MR) is 106 cm³/mol. The van der Waals surface area contributed by atoms with Crippen LogP contribution in [0.5, 0.6) is 0 Å². The van der Waals surface area contributed by atoms with Crippen molar-refractivity contribution in [3.63, 3.8) is 0 Å². The molecule has 2 nitrogen and oxygen atoms in total. The zero-order chi connectivity index (χ0) is 17.2. The first-order valence-electron chi connectivity index (χ1n) is 8.16. The molecule has 0 radical (unpaired) electrons. The summed E-state index contributed by atoms with van der Waals surface area (Å²) >= 11 is 0.0174. The number of aldehydes is 1. The van der Waals surface area contributed by atoms with Crippen molar-refractivity contribution in [3.8, 4) is 0 Å². The van der Waals surface area contributed by atoms with Gasteiger partial charge in [-0.25, -0.2) is 0 Å².